The zero-order valence-electron chi connectivity index (χ0n) is 32.7. The summed E-state index contributed by atoms with van der Waals surface area (Å²) in [6.45, 7) is 12.3. The summed E-state index contributed by atoms with van der Waals surface area (Å²) in [6, 6.07) is 0. The van der Waals surface area contributed by atoms with E-state index in [9.17, 15) is 4.79 Å². The second-order valence-electron chi connectivity index (χ2n) is 16.4. The van der Waals surface area contributed by atoms with E-state index < -0.39 is 0 Å². The molecule has 6 N–H and O–H groups in total. The SMILES string of the molecule is COC(=O)CCC(C)C1CCC2C3C(C[C@H](OCCCSCCN)[C@]12C)[C@@]1(C)CC[C@@H](OCCCSCCN)CC1C[C@H]3OCCCSCCN. The molecule has 4 aliphatic rings. The molecule has 11 atom stereocenters. The summed E-state index contributed by atoms with van der Waals surface area (Å²) in [7, 11) is 1.51. The van der Waals surface area contributed by atoms with Crippen molar-refractivity contribution in [3.8, 4) is 0 Å². The number of nitrogens with two attached hydrogens (primary N) is 3. The Kier molecular flexibility index (Phi) is 19.6. The zero-order valence-corrected chi connectivity index (χ0v) is 35.1. The molecule has 0 spiro atoms. The molecule has 4 rings (SSSR count). The summed E-state index contributed by atoms with van der Waals surface area (Å²) >= 11 is 5.83. The number of hydrogen-bond donors (Lipinski definition) is 3. The maximum Gasteiger partial charge on any atom is 0.305 e. The van der Waals surface area contributed by atoms with Gasteiger partial charge in [0.05, 0.1) is 25.4 Å². The lowest BCUT2D eigenvalue weighted by atomic mass is 9.43. The van der Waals surface area contributed by atoms with E-state index in [1.807, 2.05) is 35.3 Å². The smallest absolute Gasteiger partial charge is 0.305 e. The van der Waals surface area contributed by atoms with Gasteiger partial charge in [-0.25, -0.2) is 0 Å². The van der Waals surface area contributed by atoms with Gasteiger partial charge >= 0.3 is 5.97 Å². The Balaban J connectivity index is 1.56. The molecule has 6 unspecified atom stereocenters. The highest BCUT2D eigenvalue weighted by Crippen LogP contribution is 2.69. The van der Waals surface area contributed by atoms with Crippen LogP contribution in [0.25, 0.3) is 0 Å². The molecule has 4 fully saturated rings. The predicted octanol–water partition coefficient (Wildman–Crippen LogP) is 6.86. The number of carbonyl (C=O) groups is 1. The van der Waals surface area contributed by atoms with Crippen molar-refractivity contribution in [2.75, 3.05) is 81.1 Å². The third-order valence-corrected chi connectivity index (χ3v) is 16.9. The molecular weight excluding hydrogens is 699 g/mol. The zero-order chi connectivity index (χ0) is 36.7. The maximum atomic E-state index is 12.2. The highest BCUT2D eigenvalue weighted by Gasteiger charge is 2.66. The molecular formula is C40H75N3O5S3. The molecule has 4 aliphatic carbocycles. The minimum atomic E-state index is -0.0950. The molecule has 0 saturated heterocycles. The largest absolute Gasteiger partial charge is 0.469 e. The molecule has 0 bridgehead atoms. The second kappa shape index (κ2) is 22.7. The minimum absolute atomic E-state index is 0.0606. The number of methoxy groups -OCH3 is 1. The molecule has 0 radical (unpaired) electrons. The Bertz CT molecular complexity index is 1000. The fourth-order valence-electron chi connectivity index (χ4n) is 11.0. The summed E-state index contributed by atoms with van der Waals surface area (Å²) in [5, 5.41) is 0. The van der Waals surface area contributed by atoms with Crippen LogP contribution in [-0.2, 0) is 23.7 Å². The van der Waals surface area contributed by atoms with Crippen LogP contribution in [0, 0.1) is 46.3 Å². The summed E-state index contributed by atoms with van der Waals surface area (Å²) in [6.07, 6.45) is 13.7. The number of fused-ring (bicyclic) bond motifs is 5. The first kappa shape index (κ1) is 44.0. The molecule has 51 heavy (non-hydrogen) atoms. The highest BCUT2D eigenvalue weighted by atomic mass is 32.2. The van der Waals surface area contributed by atoms with Crippen LogP contribution in [0.3, 0.4) is 0 Å². The van der Waals surface area contributed by atoms with Crippen molar-refractivity contribution in [1.29, 1.82) is 0 Å². The van der Waals surface area contributed by atoms with Gasteiger partial charge in [0.15, 0.2) is 0 Å². The van der Waals surface area contributed by atoms with E-state index in [1.54, 1.807) is 0 Å². The van der Waals surface area contributed by atoms with Gasteiger partial charge in [-0.15, -0.1) is 0 Å². The van der Waals surface area contributed by atoms with Crippen LogP contribution in [0.5, 0.6) is 0 Å². The number of rotatable bonds is 25. The fourth-order valence-corrected chi connectivity index (χ4v) is 13.1. The monoisotopic (exact) mass is 773 g/mol. The summed E-state index contributed by atoms with van der Waals surface area (Å²) in [5.41, 5.74) is 17.6. The molecule has 8 nitrogen and oxygen atoms in total. The Morgan fingerprint density at radius 3 is 1.98 bits per heavy atom. The lowest BCUT2D eigenvalue weighted by Gasteiger charge is -2.65. The molecule has 0 aliphatic heterocycles. The number of hydrogen-bond acceptors (Lipinski definition) is 11. The third-order valence-electron chi connectivity index (χ3n) is 13.6. The summed E-state index contributed by atoms with van der Waals surface area (Å²) in [5.74, 6) is 9.56. The van der Waals surface area contributed by atoms with Gasteiger partial charge in [0.2, 0.25) is 0 Å². The van der Waals surface area contributed by atoms with Gasteiger partial charge in [-0.05, 0) is 129 Å². The van der Waals surface area contributed by atoms with Gasteiger partial charge in [-0.3, -0.25) is 4.79 Å². The van der Waals surface area contributed by atoms with Crippen molar-refractivity contribution in [2.45, 2.75) is 116 Å². The van der Waals surface area contributed by atoms with E-state index in [0.717, 1.165) is 125 Å². The van der Waals surface area contributed by atoms with E-state index in [0.29, 0.717) is 48.0 Å². The Hall–Kier alpha value is 0.280. The van der Waals surface area contributed by atoms with Crippen LogP contribution < -0.4 is 17.2 Å². The van der Waals surface area contributed by atoms with Crippen LogP contribution >= 0.6 is 35.3 Å². The number of esters is 1. The first-order valence-electron chi connectivity index (χ1n) is 20.5. The molecule has 0 aromatic rings. The van der Waals surface area contributed by atoms with Gasteiger partial charge < -0.3 is 36.1 Å². The first-order valence-corrected chi connectivity index (χ1v) is 24.0. The van der Waals surface area contributed by atoms with Crippen molar-refractivity contribution in [2.24, 2.45) is 63.5 Å². The quantitative estimate of drug-likeness (QED) is 0.0665. The average Bonchev–Trinajstić information content (AvgIpc) is 3.49. The van der Waals surface area contributed by atoms with Gasteiger partial charge in [0.25, 0.3) is 0 Å². The number of ether oxygens (including phenoxy) is 4. The molecule has 298 valence electrons. The van der Waals surface area contributed by atoms with E-state index in [-0.39, 0.29) is 29.0 Å². The number of thioether (sulfide) groups is 3. The van der Waals surface area contributed by atoms with E-state index in [4.69, 9.17) is 36.1 Å². The minimum Gasteiger partial charge on any atom is -0.469 e. The summed E-state index contributed by atoms with van der Waals surface area (Å²) < 4.78 is 25.9. The van der Waals surface area contributed by atoms with Crippen molar-refractivity contribution >= 4 is 41.3 Å². The van der Waals surface area contributed by atoms with Crippen LogP contribution in [0.4, 0.5) is 0 Å². The van der Waals surface area contributed by atoms with Crippen LogP contribution in [-0.4, -0.2) is 105 Å². The number of carbonyl (C=O) groups excluding carboxylic acids is 1. The van der Waals surface area contributed by atoms with Crippen LogP contribution in [0.15, 0.2) is 0 Å². The molecule has 0 amide bonds. The Morgan fingerprint density at radius 2 is 1.37 bits per heavy atom. The standard InChI is InChI=1S/C40H75N3O5S3/c1-29(8-11-37(44)45-4)32-9-10-33-38-34(28-36(40(32,33)3)48-19-7-22-51-25-16-43)39(2)13-12-31(46-17-5-20-49-23-14-41)26-30(39)27-35(38)47-18-6-21-50-24-15-42/h29-36,38H,5-28,41-43H2,1-4H3/t29?,30?,31-,32?,33?,34?,35-,36+,38?,39+,40-/m1/s1. The van der Waals surface area contributed by atoms with Crippen LogP contribution in [0.1, 0.15) is 97.8 Å². The molecule has 0 aromatic carbocycles. The van der Waals surface area contributed by atoms with E-state index >= 15 is 0 Å². The Labute approximate surface area is 324 Å². The molecule has 4 saturated carbocycles. The van der Waals surface area contributed by atoms with Gasteiger partial charge in [-0.2, -0.15) is 35.3 Å². The van der Waals surface area contributed by atoms with Gasteiger partial charge in [0.1, 0.15) is 0 Å². The van der Waals surface area contributed by atoms with Crippen molar-refractivity contribution in [1.82, 2.24) is 0 Å². The summed E-state index contributed by atoms with van der Waals surface area (Å²) in [4.78, 5) is 12.2. The fraction of sp³-hybridized carbons (Fsp3) is 0.975. The normalized spacial score (nSPS) is 35.2. The Morgan fingerprint density at radius 1 is 0.765 bits per heavy atom. The van der Waals surface area contributed by atoms with Crippen LogP contribution in [0.2, 0.25) is 0 Å². The van der Waals surface area contributed by atoms with Crippen molar-refractivity contribution < 1.29 is 23.7 Å². The highest BCUT2D eigenvalue weighted by molar-refractivity contribution is 7.99. The molecule has 11 heteroatoms. The lowest BCUT2D eigenvalue weighted by molar-refractivity contribution is -0.227. The van der Waals surface area contributed by atoms with E-state index in [2.05, 4.69) is 20.8 Å². The van der Waals surface area contributed by atoms with E-state index in [1.165, 1.54) is 26.4 Å². The average molecular weight is 774 g/mol. The maximum absolute atomic E-state index is 12.2. The molecule has 0 aromatic heterocycles. The van der Waals surface area contributed by atoms with Crippen molar-refractivity contribution in [3.63, 3.8) is 0 Å². The topological polar surface area (TPSA) is 132 Å². The van der Waals surface area contributed by atoms with Crippen molar-refractivity contribution in [3.05, 3.63) is 0 Å². The predicted molar refractivity (Wildman–Crippen MR) is 219 cm³/mol. The van der Waals surface area contributed by atoms with Gasteiger partial charge in [-0.1, -0.05) is 20.8 Å². The lowest BCUT2D eigenvalue weighted by Crippen LogP contribution is -2.63. The second-order valence-corrected chi connectivity index (χ2v) is 20.1. The van der Waals surface area contributed by atoms with Gasteiger partial charge in [0, 0.05) is 68.5 Å². The molecule has 0 heterocycles. The third kappa shape index (κ3) is 11.7. The first-order chi connectivity index (χ1) is 24.7.